The molecule has 79 heavy (non-hydrogen) atoms. The highest BCUT2D eigenvalue weighted by Crippen LogP contribution is 2.17. The average molecular weight is 1100 g/mol. The van der Waals surface area contributed by atoms with Gasteiger partial charge in [0.2, 0.25) is 0 Å². The fourth-order valence-electron chi connectivity index (χ4n) is 9.81. The highest BCUT2D eigenvalue weighted by molar-refractivity contribution is 5.71. The number of ether oxygens (including phenoxy) is 3. The van der Waals surface area contributed by atoms with Crippen LogP contribution < -0.4 is 0 Å². The minimum absolute atomic E-state index is 0.0949. The Morgan fingerprint density at radius 2 is 0.506 bits per heavy atom. The molecule has 0 spiro atoms. The summed E-state index contributed by atoms with van der Waals surface area (Å²) in [4.78, 5) is 38.3. The molecule has 0 amide bonds. The van der Waals surface area contributed by atoms with Gasteiger partial charge >= 0.3 is 17.9 Å². The monoisotopic (exact) mass is 1100 g/mol. The fourth-order valence-corrected chi connectivity index (χ4v) is 9.81. The lowest BCUT2D eigenvalue weighted by molar-refractivity contribution is -0.167. The van der Waals surface area contributed by atoms with Gasteiger partial charge in [0.1, 0.15) is 13.2 Å². The number of carbonyl (C=O) groups is 3. The Morgan fingerprint density at radius 1 is 0.266 bits per heavy atom. The summed E-state index contributed by atoms with van der Waals surface area (Å²) in [5.41, 5.74) is 0. The third-order valence-electron chi connectivity index (χ3n) is 14.9. The molecule has 0 fully saturated rings. The maximum absolute atomic E-state index is 12.9. The normalized spacial score (nSPS) is 12.6. The first-order valence-electron chi connectivity index (χ1n) is 34.1. The molecule has 0 saturated carbocycles. The van der Waals surface area contributed by atoms with Crippen molar-refractivity contribution in [2.24, 2.45) is 0 Å². The molecule has 0 radical (unpaired) electrons. The average Bonchev–Trinajstić information content (AvgIpc) is 3.45. The van der Waals surface area contributed by atoms with E-state index in [0.29, 0.717) is 19.3 Å². The molecule has 0 saturated heterocycles. The lowest BCUT2D eigenvalue weighted by Crippen LogP contribution is -2.30. The van der Waals surface area contributed by atoms with E-state index in [2.05, 4.69) is 106 Å². The van der Waals surface area contributed by atoms with E-state index in [9.17, 15) is 14.4 Å². The van der Waals surface area contributed by atoms with E-state index in [4.69, 9.17) is 14.2 Å². The summed E-state index contributed by atoms with van der Waals surface area (Å²) < 4.78 is 16.9. The van der Waals surface area contributed by atoms with Crippen molar-refractivity contribution in [3.05, 3.63) is 85.1 Å². The number of allylic oxidation sites excluding steroid dienone is 14. The van der Waals surface area contributed by atoms with Crippen LogP contribution >= 0.6 is 0 Å². The molecule has 0 aromatic heterocycles. The summed E-state index contributed by atoms with van der Waals surface area (Å²) >= 11 is 0. The highest BCUT2D eigenvalue weighted by atomic mass is 16.6. The van der Waals surface area contributed by atoms with Gasteiger partial charge in [0.15, 0.2) is 6.10 Å². The van der Waals surface area contributed by atoms with Gasteiger partial charge in [0, 0.05) is 19.3 Å². The lowest BCUT2D eigenvalue weighted by Gasteiger charge is -2.18. The second-order valence-electron chi connectivity index (χ2n) is 22.7. The van der Waals surface area contributed by atoms with Gasteiger partial charge in [0.25, 0.3) is 0 Å². The molecule has 456 valence electrons. The first-order chi connectivity index (χ1) is 39.0. The van der Waals surface area contributed by atoms with Crippen LogP contribution in [-0.4, -0.2) is 37.2 Å². The fraction of sp³-hybridized carbons (Fsp3) is 0.767. The number of unbranched alkanes of at least 4 members (excludes halogenated alkanes) is 37. The van der Waals surface area contributed by atoms with Gasteiger partial charge in [-0.15, -0.1) is 0 Å². The number of hydrogen-bond donors (Lipinski definition) is 0. The molecule has 1 unspecified atom stereocenters. The van der Waals surface area contributed by atoms with Crippen LogP contribution in [0.2, 0.25) is 0 Å². The van der Waals surface area contributed by atoms with Crippen molar-refractivity contribution in [1.82, 2.24) is 0 Å². The van der Waals surface area contributed by atoms with Crippen LogP contribution in [0.15, 0.2) is 85.1 Å². The molecule has 0 aromatic rings. The topological polar surface area (TPSA) is 78.9 Å². The Kier molecular flexibility index (Phi) is 64.2. The van der Waals surface area contributed by atoms with Crippen molar-refractivity contribution >= 4 is 17.9 Å². The van der Waals surface area contributed by atoms with Crippen LogP contribution in [0.1, 0.15) is 342 Å². The van der Waals surface area contributed by atoms with Crippen molar-refractivity contribution in [2.75, 3.05) is 13.2 Å². The Bertz CT molecular complexity index is 1500. The first-order valence-corrected chi connectivity index (χ1v) is 34.1. The quantitative estimate of drug-likeness (QED) is 0.0261. The van der Waals surface area contributed by atoms with Gasteiger partial charge in [-0.2, -0.15) is 0 Å². The van der Waals surface area contributed by atoms with Crippen molar-refractivity contribution in [3.63, 3.8) is 0 Å². The van der Waals surface area contributed by atoms with Crippen LogP contribution in [0.4, 0.5) is 0 Å². The SMILES string of the molecule is CC/C=C\C/C=C\C/C=C\C/C=C\C/C=C\CCCC(=O)OC(COC(=O)CCCCCCCCCCCCCCC)COC(=O)CCCCCCCCCCCCCCCCCCCCC/C=C\C/C=C\CCCCCCC. The van der Waals surface area contributed by atoms with Crippen LogP contribution in [0.5, 0.6) is 0 Å². The highest BCUT2D eigenvalue weighted by Gasteiger charge is 2.19. The smallest absolute Gasteiger partial charge is 0.306 e. The van der Waals surface area contributed by atoms with Crippen LogP contribution in [0.3, 0.4) is 0 Å². The predicted molar refractivity (Wildman–Crippen MR) is 344 cm³/mol. The van der Waals surface area contributed by atoms with E-state index < -0.39 is 6.10 Å². The minimum atomic E-state index is -0.804. The minimum Gasteiger partial charge on any atom is -0.462 e. The van der Waals surface area contributed by atoms with Crippen molar-refractivity contribution in [2.45, 2.75) is 348 Å². The Morgan fingerprint density at radius 3 is 0.810 bits per heavy atom. The second kappa shape index (κ2) is 67.1. The third-order valence-corrected chi connectivity index (χ3v) is 14.9. The molecule has 0 aromatic carbocycles. The zero-order valence-electron chi connectivity index (χ0n) is 52.4. The lowest BCUT2D eigenvalue weighted by atomic mass is 10.0. The molecule has 6 heteroatoms. The Labute approximate surface area is 490 Å². The molecule has 1 atom stereocenters. The predicted octanol–water partition coefficient (Wildman–Crippen LogP) is 23.4. The Hall–Kier alpha value is -3.41. The van der Waals surface area contributed by atoms with Gasteiger partial charge in [0.05, 0.1) is 0 Å². The van der Waals surface area contributed by atoms with Gasteiger partial charge in [-0.05, 0) is 89.9 Å². The van der Waals surface area contributed by atoms with Crippen molar-refractivity contribution in [1.29, 1.82) is 0 Å². The van der Waals surface area contributed by atoms with Gasteiger partial charge < -0.3 is 14.2 Å². The number of carbonyl (C=O) groups excluding carboxylic acids is 3. The molecule has 6 nitrogen and oxygen atoms in total. The van der Waals surface area contributed by atoms with Crippen molar-refractivity contribution < 1.29 is 28.6 Å². The van der Waals surface area contributed by atoms with Gasteiger partial charge in [-0.1, -0.05) is 318 Å². The zero-order chi connectivity index (χ0) is 57.1. The molecule has 0 N–H and O–H groups in total. The van der Waals surface area contributed by atoms with E-state index in [-0.39, 0.29) is 37.5 Å². The summed E-state index contributed by atoms with van der Waals surface area (Å²) in [7, 11) is 0. The molecule has 0 aliphatic rings. The molecular weight excluding hydrogens is 973 g/mol. The van der Waals surface area contributed by atoms with E-state index in [1.165, 1.54) is 212 Å². The van der Waals surface area contributed by atoms with Crippen LogP contribution in [0, 0.1) is 0 Å². The summed E-state index contributed by atoms with van der Waals surface area (Å²) in [5.74, 6) is -0.938. The number of esters is 3. The molecule has 0 aliphatic carbocycles. The van der Waals surface area contributed by atoms with E-state index in [1.54, 1.807) is 0 Å². The Balaban J connectivity index is 4.22. The summed E-state index contributed by atoms with van der Waals surface area (Å²) in [6.45, 7) is 6.51. The maximum atomic E-state index is 12.9. The van der Waals surface area contributed by atoms with Gasteiger partial charge in [-0.3, -0.25) is 14.4 Å². The van der Waals surface area contributed by atoms with Crippen LogP contribution in [-0.2, 0) is 28.6 Å². The van der Waals surface area contributed by atoms with Crippen molar-refractivity contribution in [3.8, 4) is 0 Å². The number of rotatable bonds is 62. The third kappa shape index (κ3) is 65.3. The largest absolute Gasteiger partial charge is 0.462 e. The van der Waals surface area contributed by atoms with E-state index >= 15 is 0 Å². The maximum Gasteiger partial charge on any atom is 0.306 e. The summed E-state index contributed by atoms with van der Waals surface area (Å²) in [5, 5.41) is 0. The standard InChI is InChI=1S/C73H128O6/c1-4-7-10-13-16-19-22-25-27-29-30-31-32-33-34-35-36-37-38-39-40-41-42-44-45-48-51-54-57-60-63-66-72(75)78-69-70(68-77-71(74)65-62-59-56-53-50-47-24-21-18-15-12-9-6-3)79-73(76)67-64-61-58-55-52-49-46-43-28-26-23-20-17-14-11-8-5-2/h8,11,17,20,22,25-26,28-30,46,49,55,58,70H,4-7,9-10,12-16,18-19,21,23-24,27,31-45,47-48,50-54,56-57,59-69H2,1-3H3/b11-8-,20-17-,25-22-,28-26-,30-29-,49-46-,58-55-. The van der Waals surface area contributed by atoms with E-state index in [1.807, 2.05) is 0 Å². The van der Waals surface area contributed by atoms with E-state index in [0.717, 1.165) is 83.5 Å². The number of hydrogen-bond acceptors (Lipinski definition) is 6. The molecule has 0 aliphatic heterocycles. The second-order valence-corrected chi connectivity index (χ2v) is 22.7. The van der Waals surface area contributed by atoms with Gasteiger partial charge in [-0.25, -0.2) is 0 Å². The zero-order valence-corrected chi connectivity index (χ0v) is 52.4. The molecule has 0 bridgehead atoms. The van der Waals surface area contributed by atoms with Crippen LogP contribution in [0.25, 0.3) is 0 Å². The molecular formula is C73H128O6. The first kappa shape index (κ1) is 75.6. The summed E-state index contributed by atoms with van der Waals surface area (Å²) in [6.07, 6.45) is 89.1. The molecule has 0 rings (SSSR count). The molecule has 0 heterocycles. The summed E-state index contributed by atoms with van der Waals surface area (Å²) in [6, 6.07) is 0.